The molecule has 4 fully saturated rings. The molecule has 2 N–H and O–H groups in total. The maximum Gasteiger partial charge on any atom is 0.511 e. The molecular weight excluding hydrogens is 429 g/mol. The lowest BCUT2D eigenvalue weighted by molar-refractivity contribution is -0.140. The third-order valence-electron chi connectivity index (χ3n) is 6.44. The van der Waals surface area contributed by atoms with Crippen LogP contribution in [-0.2, 0) is 14.8 Å². The monoisotopic (exact) mass is 450 g/mol. The fraction of sp³-hybridized carbons (Fsp3) is 0.667. The van der Waals surface area contributed by atoms with Crippen LogP contribution in [-0.4, -0.2) is 32.2 Å². The summed E-state index contributed by atoms with van der Waals surface area (Å²) in [6.07, 6.45) is 6.04. The lowest BCUT2D eigenvalue weighted by Gasteiger charge is -2.55. The average Bonchev–Trinajstić information content (AvgIpc) is 3.06. The van der Waals surface area contributed by atoms with Gasteiger partial charge in [0.05, 0.1) is 17.5 Å². The van der Waals surface area contributed by atoms with Gasteiger partial charge in [-0.05, 0) is 67.7 Å². The highest BCUT2D eigenvalue weighted by Gasteiger charge is 2.54. The number of halogens is 3. The standard InChI is InChI=1S/C18H21F3N2O4S2/c19-18(20,21)29(26,27)22-9-14(24)13-1-2-28-15(13)23-16(25)17-6-10-3-11(7-17)5-12(4-10)8-17/h1-2,10-12,22H,3-9H2,(H,23,25). The highest BCUT2D eigenvalue weighted by molar-refractivity contribution is 7.90. The van der Waals surface area contributed by atoms with Gasteiger partial charge in [0.15, 0.2) is 5.78 Å². The zero-order chi connectivity index (χ0) is 21.0. The van der Waals surface area contributed by atoms with Crippen molar-refractivity contribution in [2.24, 2.45) is 23.2 Å². The van der Waals surface area contributed by atoms with Crippen LogP contribution in [0.3, 0.4) is 0 Å². The number of amides is 1. The van der Waals surface area contributed by atoms with Crippen LogP contribution in [0.2, 0.25) is 0 Å². The fourth-order valence-corrected chi connectivity index (χ4v) is 6.87. The molecule has 5 rings (SSSR count). The van der Waals surface area contributed by atoms with E-state index >= 15 is 0 Å². The minimum atomic E-state index is -5.61. The number of rotatable bonds is 6. The molecular formula is C18H21F3N2O4S2. The van der Waals surface area contributed by atoms with Crippen molar-refractivity contribution in [3.05, 3.63) is 17.0 Å². The fourth-order valence-electron chi connectivity index (χ4n) is 5.59. The molecule has 4 bridgehead atoms. The Hall–Kier alpha value is -1.46. The van der Waals surface area contributed by atoms with Crippen molar-refractivity contribution in [1.82, 2.24) is 4.72 Å². The highest BCUT2D eigenvalue weighted by atomic mass is 32.2. The van der Waals surface area contributed by atoms with Crippen molar-refractivity contribution in [3.8, 4) is 0 Å². The van der Waals surface area contributed by atoms with Gasteiger partial charge in [0, 0.05) is 0 Å². The zero-order valence-corrected chi connectivity index (χ0v) is 17.1. The van der Waals surface area contributed by atoms with E-state index in [0.717, 1.165) is 30.6 Å². The molecule has 4 saturated carbocycles. The van der Waals surface area contributed by atoms with Gasteiger partial charge in [0.25, 0.3) is 0 Å². The molecule has 1 heterocycles. The zero-order valence-electron chi connectivity index (χ0n) is 15.4. The minimum Gasteiger partial charge on any atom is -0.317 e. The molecule has 29 heavy (non-hydrogen) atoms. The quantitative estimate of drug-likeness (QED) is 0.649. The largest absolute Gasteiger partial charge is 0.511 e. The van der Waals surface area contributed by atoms with Crippen molar-refractivity contribution in [2.45, 2.75) is 44.0 Å². The van der Waals surface area contributed by atoms with Gasteiger partial charge in [-0.25, -0.2) is 8.42 Å². The Morgan fingerprint density at radius 2 is 1.66 bits per heavy atom. The van der Waals surface area contributed by atoms with Gasteiger partial charge < -0.3 is 5.32 Å². The lowest BCUT2D eigenvalue weighted by atomic mass is 9.49. The number of anilines is 1. The second kappa shape index (κ2) is 7.05. The van der Waals surface area contributed by atoms with Gasteiger partial charge in [-0.1, -0.05) is 0 Å². The summed E-state index contributed by atoms with van der Waals surface area (Å²) in [4.78, 5) is 25.4. The van der Waals surface area contributed by atoms with Gasteiger partial charge in [-0.3, -0.25) is 9.59 Å². The molecule has 1 amide bonds. The molecule has 1 aromatic heterocycles. The molecule has 0 unspecified atom stereocenters. The first-order valence-corrected chi connectivity index (χ1v) is 11.8. The van der Waals surface area contributed by atoms with E-state index in [1.165, 1.54) is 30.1 Å². The van der Waals surface area contributed by atoms with Gasteiger partial charge >= 0.3 is 15.5 Å². The Balaban J connectivity index is 1.45. The first-order chi connectivity index (χ1) is 13.5. The van der Waals surface area contributed by atoms with Crippen LogP contribution < -0.4 is 10.0 Å². The second-order valence-corrected chi connectivity index (χ2v) is 11.2. The Kier molecular flexibility index (Phi) is 5.06. The number of nitrogens with one attached hydrogen (secondary N) is 2. The number of hydrogen-bond acceptors (Lipinski definition) is 5. The predicted octanol–water partition coefficient (Wildman–Crippen LogP) is 3.52. The highest BCUT2D eigenvalue weighted by Crippen LogP contribution is 2.60. The van der Waals surface area contributed by atoms with E-state index in [1.54, 1.807) is 5.38 Å². The molecule has 0 aliphatic heterocycles. The van der Waals surface area contributed by atoms with Gasteiger partial charge in [-0.2, -0.15) is 17.9 Å². The summed E-state index contributed by atoms with van der Waals surface area (Å²) in [5.41, 5.74) is -5.91. The number of Topliss-reactive ketones (excluding diaryl/α,β-unsaturated/α-hetero) is 1. The van der Waals surface area contributed by atoms with Crippen LogP contribution in [0.4, 0.5) is 18.2 Å². The van der Waals surface area contributed by atoms with E-state index in [2.05, 4.69) is 5.32 Å². The van der Waals surface area contributed by atoms with Crippen LogP contribution in [0.25, 0.3) is 0 Å². The summed E-state index contributed by atoms with van der Waals surface area (Å²) in [6, 6.07) is 1.38. The topological polar surface area (TPSA) is 92.3 Å². The summed E-state index contributed by atoms with van der Waals surface area (Å²) in [7, 11) is -5.61. The normalized spacial score (nSPS) is 31.1. The SMILES string of the molecule is O=C(CNS(=O)(=O)C(F)(F)F)c1ccsc1NC(=O)C12CC3CC(CC(C3)C1)C2. The van der Waals surface area contributed by atoms with Crippen LogP contribution in [0.1, 0.15) is 48.9 Å². The van der Waals surface area contributed by atoms with Crippen molar-refractivity contribution in [1.29, 1.82) is 0 Å². The number of carbonyl (C=O) groups excluding carboxylic acids is 2. The number of alkyl halides is 3. The molecule has 4 aliphatic rings. The van der Waals surface area contributed by atoms with E-state index in [1.807, 2.05) is 0 Å². The molecule has 11 heteroatoms. The van der Waals surface area contributed by atoms with E-state index in [-0.39, 0.29) is 16.5 Å². The van der Waals surface area contributed by atoms with Crippen molar-refractivity contribution < 1.29 is 31.2 Å². The summed E-state index contributed by atoms with van der Waals surface area (Å²) in [6.45, 7) is -1.03. The van der Waals surface area contributed by atoms with Gasteiger partial charge in [0.1, 0.15) is 5.00 Å². The van der Waals surface area contributed by atoms with Gasteiger partial charge in [-0.15, -0.1) is 11.3 Å². The second-order valence-electron chi connectivity index (χ2n) is 8.51. The molecule has 6 nitrogen and oxygen atoms in total. The van der Waals surface area contributed by atoms with Crippen LogP contribution in [0.5, 0.6) is 0 Å². The first kappa shape index (κ1) is 20.8. The summed E-state index contributed by atoms with van der Waals surface area (Å²) in [5.74, 6) is 0.721. The summed E-state index contributed by atoms with van der Waals surface area (Å²) in [5, 5.41) is 4.61. The Bertz CT molecular complexity index is 904. The van der Waals surface area contributed by atoms with Crippen LogP contribution in [0.15, 0.2) is 11.4 Å². The third kappa shape index (κ3) is 3.84. The summed E-state index contributed by atoms with van der Waals surface area (Å²) >= 11 is 1.10. The van der Waals surface area contributed by atoms with E-state index < -0.39 is 33.3 Å². The minimum absolute atomic E-state index is 0.0120. The number of thiophene rings is 1. The smallest absolute Gasteiger partial charge is 0.317 e. The Labute approximate surface area is 170 Å². The van der Waals surface area contributed by atoms with Crippen molar-refractivity contribution >= 4 is 38.1 Å². The number of ketones is 1. The lowest BCUT2D eigenvalue weighted by Crippen LogP contribution is -2.51. The van der Waals surface area contributed by atoms with Crippen molar-refractivity contribution in [3.63, 3.8) is 0 Å². The maximum absolute atomic E-state index is 13.1. The molecule has 1 aromatic rings. The van der Waals surface area contributed by atoms with E-state index in [9.17, 15) is 31.2 Å². The Morgan fingerprint density at radius 3 is 2.17 bits per heavy atom. The molecule has 0 radical (unpaired) electrons. The molecule has 0 aromatic carbocycles. The number of hydrogen-bond donors (Lipinski definition) is 2. The molecule has 0 saturated heterocycles. The molecule has 0 atom stereocenters. The van der Waals surface area contributed by atoms with E-state index in [0.29, 0.717) is 17.8 Å². The first-order valence-electron chi connectivity index (χ1n) is 9.47. The summed E-state index contributed by atoms with van der Waals surface area (Å²) < 4.78 is 60.7. The van der Waals surface area contributed by atoms with Crippen molar-refractivity contribution in [2.75, 3.05) is 11.9 Å². The Morgan fingerprint density at radius 1 is 1.10 bits per heavy atom. The molecule has 160 valence electrons. The van der Waals surface area contributed by atoms with Crippen LogP contribution >= 0.6 is 11.3 Å². The van der Waals surface area contributed by atoms with E-state index in [4.69, 9.17) is 0 Å². The maximum atomic E-state index is 13.1. The number of sulfonamides is 1. The van der Waals surface area contributed by atoms with Crippen LogP contribution in [0, 0.1) is 23.2 Å². The van der Waals surface area contributed by atoms with Gasteiger partial charge in [0.2, 0.25) is 5.91 Å². The number of carbonyl (C=O) groups is 2. The molecule has 4 aliphatic carbocycles. The average molecular weight is 451 g/mol. The molecule has 0 spiro atoms. The third-order valence-corrected chi connectivity index (χ3v) is 8.40. The predicted molar refractivity (Wildman–Crippen MR) is 101 cm³/mol.